The Balaban J connectivity index is 1.27. The number of amides is 1. The van der Waals surface area contributed by atoms with E-state index in [1.807, 2.05) is 16.5 Å². The molecule has 194 valence electrons. The Kier molecular flexibility index (Phi) is 5.45. The van der Waals surface area contributed by atoms with Crippen molar-refractivity contribution in [3.05, 3.63) is 83.4 Å². The minimum absolute atomic E-state index is 0.0666. The summed E-state index contributed by atoms with van der Waals surface area (Å²) in [5, 5.41) is 10.9. The summed E-state index contributed by atoms with van der Waals surface area (Å²) in [4.78, 5) is 18.5. The van der Waals surface area contributed by atoms with Gasteiger partial charge in [-0.15, -0.1) is 10.2 Å². The summed E-state index contributed by atoms with van der Waals surface area (Å²) in [6.45, 7) is 7.80. The number of nitrogens with zero attached hydrogens (tertiary/aromatic N) is 5. The summed E-state index contributed by atoms with van der Waals surface area (Å²) < 4.78 is 2.04. The van der Waals surface area contributed by atoms with Crippen molar-refractivity contribution < 1.29 is 4.79 Å². The number of aromatic nitrogens is 3. The predicted molar refractivity (Wildman–Crippen MR) is 151 cm³/mol. The van der Waals surface area contributed by atoms with Gasteiger partial charge in [0.15, 0.2) is 0 Å². The smallest absolute Gasteiger partial charge is 0.263 e. The van der Waals surface area contributed by atoms with Crippen LogP contribution < -0.4 is 4.90 Å². The van der Waals surface area contributed by atoms with E-state index in [1.165, 1.54) is 24.0 Å². The molecule has 7 rings (SSSR count). The van der Waals surface area contributed by atoms with Crippen LogP contribution in [0.15, 0.2) is 60.9 Å². The van der Waals surface area contributed by atoms with Gasteiger partial charge in [-0.1, -0.05) is 38.1 Å². The van der Waals surface area contributed by atoms with Crippen molar-refractivity contribution in [2.24, 2.45) is 18.9 Å². The lowest BCUT2D eigenvalue weighted by molar-refractivity contribution is 0.100. The third-order valence-corrected chi connectivity index (χ3v) is 9.03. The van der Waals surface area contributed by atoms with Crippen molar-refractivity contribution in [2.45, 2.75) is 51.5 Å². The van der Waals surface area contributed by atoms with Crippen LogP contribution in [0.3, 0.4) is 0 Å². The number of benzene rings is 3. The third-order valence-electron chi connectivity index (χ3n) is 9.03. The van der Waals surface area contributed by atoms with Gasteiger partial charge in [0, 0.05) is 31.2 Å². The number of rotatable bonds is 5. The molecule has 3 heterocycles. The standard InChI is InChI=1S/C32H35N5O/c1-21-7-6-12-36(18-21)19-23-13-24-8-4-11-28-29(24)27(14-23)30(38)37(28)26-10-5-9-25(15-26)32(16-22(2)17-32)31-34-33-20-35(31)3/h4-5,8-11,13-15,20-22H,6-7,12,16-19H2,1-3H3/t21-,22?,32?/m0/s1. The van der Waals surface area contributed by atoms with Crippen LogP contribution in [0.2, 0.25) is 0 Å². The van der Waals surface area contributed by atoms with Crippen LogP contribution in [0.25, 0.3) is 10.8 Å². The minimum atomic E-state index is -0.166. The molecule has 38 heavy (non-hydrogen) atoms. The number of hydrogen-bond donors (Lipinski definition) is 0. The zero-order chi connectivity index (χ0) is 26.0. The maximum absolute atomic E-state index is 14.0. The first-order chi connectivity index (χ1) is 18.4. The molecule has 1 amide bonds. The second-order valence-corrected chi connectivity index (χ2v) is 12.1. The van der Waals surface area contributed by atoms with Gasteiger partial charge in [0.2, 0.25) is 0 Å². The van der Waals surface area contributed by atoms with E-state index in [1.54, 1.807) is 6.33 Å². The molecule has 1 saturated carbocycles. The van der Waals surface area contributed by atoms with Gasteiger partial charge in [0.1, 0.15) is 12.2 Å². The maximum atomic E-state index is 14.0. The molecule has 4 aromatic rings. The fourth-order valence-corrected chi connectivity index (χ4v) is 7.43. The lowest BCUT2D eigenvalue weighted by Gasteiger charge is -2.46. The summed E-state index contributed by atoms with van der Waals surface area (Å²) in [5.41, 5.74) is 4.99. The van der Waals surface area contributed by atoms with Crippen molar-refractivity contribution in [1.29, 1.82) is 0 Å². The molecule has 1 aliphatic carbocycles. The maximum Gasteiger partial charge on any atom is 0.263 e. The fourth-order valence-electron chi connectivity index (χ4n) is 7.43. The van der Waals surface area contributed by atoms with Gasteiger partial charge in [-0.25, -0.2) is 0 Å². The molecule has 0 bridgehead atoms. The molecule has 6 nitrogen and oxygen atoms in total. The van der Waals surface area contributed by atoms with Crippen LogP contribution in [0.5, 0.6) is 0 Å². The first kappa shape index (κ1) is 23.6. The molecule has 1 saturated heterocycles. The van der Waals surface area contributed by atoms with Gasteiger partial charge in [-0.3, -0.25) is 14.6 Å². The minimum Gasteiger partial charge on any atom is -0.320 e. The number of carbonyl (C=O) groups excluding carboxylic acids is 1. The number of anilines is 2. The molecule has 3 aliphatic rings. The van der Waals surface area contributed by atoms with E-state index in [0.29, 0.717) is 5.92 Å². The van der Waals surface area contributed by atoms with Crippen molar-refractivity contribution >= 4 is 28.1 Å². The third kappa shape index (κ3) is 3.61. The molecule has 6 heteroatoms. The monoisotopic (exact) mass is 505 g/mol. The Morgan fingerprint density at radius 1 is 1.03 bits per heavy atom. The SMILES string of the molecule is CC1CC(c2cccc(N3C(=O)c4cc(CN5CCC[C@H](C)C5)cc5cccc3c45)c2)(c2nncn2C)C1. The molecule has 2 aliphatic heterocycles. The highest BCUT2D eigenvalue weighted by atomic mass is 16.2. The Labute approximate surface area is 224 Å². The molecule has 2 fully saturated rings. The van der Waals surface area contributed by atoms with Gasteiger partial charge < -0.3 is 4.57 Å². The molecule has 0 radical (unpaired) electrons. The van der Waals surface area contributed by atoms with Crippen LogP contribution >= 0.6 is 0 Å². The van der Waals surface area contributed by atoms with Gasteiger partial charge >= 0.3 is 0 Å². The first-order valence-corrected chi connectivity index (χ1v) is 14.0. The molecule has 3 aromatic carbocycles. The Hall–Kier alpha value is -3.51. The number of piperidine rings is 1. The van der Waals surface area contributed by atoms with Gasteiger partial charge in [-0.05, 0) is 90.9 Å². The molecular formula is C32H35N5O. The summed E-state index contributed by atoms with van der Waals surface area (Å²) in [6.07, 6.45) is 6.42. The molecule has 0 N–H and O–H groups in total. The van der Waals surface area contributed by atoms with Crippen LogP contribution in [0, 0.1) is 11.8 Å². The fraction of sp³-hybridized carbons (Fsp3) is 0.406. The molecule has 1 aromatic heterocycles. The lowest BCUT2D eigenvalue weighted by atomic mass is 9.58. The molecule has 0 unspecified atom stereocenters. The molecule has 0 spiro atoms. The van der Waals surface area contributed by atoms with E-state index in [9.17, 15) is 4.79 Å². The molecular weight excluding hydrogens is 470 g/mol. The van der Waals surface area contributed by atoms with E-state index in [-0.39, 0.29) is 11.3 Å². The number of hydrogen-bond acceptors (Lipinski definition) is 4. The number of aryl methyl sites for hydroxylation is 1. The highest BCUT2D eigenvalue weighted by molar-refractivity contribution is 6.28. The van der Waals surface area contributed by atoms with Crippen LogP contribution in [0.4, 0.5) is 11.4 Å². The van der Waals surface area contributed by atoms with Crippen molar-refractivity contribution in [1.82, 2.24) is 19.7 Å². The second kappa shape index (κ2) is 8.77. The summed E-state index contributed by atoms with van der Waals surface area (Å²) >= 11 is 0. The Morgan fingerprint density at radius 3 is 2.63 bits per heavy atom. The Morgan fingerprint density at radius 2 is 1.87 bits per heavy atom. The van der Waals surface area contributed by atoms with E-state index >= 15 is 0 Å². The average molecular weight is 506 g/mol. The van der Waals surface area contributed by atoms with Crippen LogP contribution in [0.1, 0.15) is 66.8 Å². The van der Waals surface area contributed by atoms with Crippen LogP contribution in [-0.4, -0.2) is 38.7 Å². The van der Waals surface area contributed by atoms with Gasteiger partial charge in [0.25, 0.3) is 5.91 Å². The van der Waals surface area contributed by atoms with Gasteiger partial charge in [0.05, 0.1) is 16.7 Å². The van der Waals surface area contributed by atoms with Crippen molar-refractivity contribution in [2.75, 3.05) is 18.0 Å². The topological polar surface area (TPSA) is 54.3 Å². The van der Waals surface area contributed by atoms with Crippen molar-refractivity contribution in [3.63, 3.8) is 0 Å². The number of carbonyl (C=O) groups is 1. The normalized spacial score (nSPS) is 25.2. The summed E-state index contributed by atoms with van der Waals surface area (Å²) in [7, 11) is 2.02. The van der Waals surface area contributed by atoms with Gasteiger partial charge in [-0.2, -0.15) is 0 Å². The quantitative estimate of drug-likeness (QED) is 0.324. The zero-order valence-electron chi connectivity index (χ0n) is 22.5. The largest absolute Gasteiger partial charge is 0.320 e. The number of likely N-dealkylation sites (tertiary alicyclic amines) is 1. The van der Waals surface area contributed by atoms with Crippen LogP contribution in [-0.2, 0) is 19.0 Å². The van der Waals surface area contributed by atoms with E-state index in [2.05, 4.69) is 83.5 Å². The highest BCUT2D eigenvalue weighted by Gasteiger charge is 2.48. The zero-order valence-corrected chi connectivity index (χ0v) is 22.5. The predicted octanol–water partition coefficient (Wildman–Crippen LogP) is 6.21. The van der Waals surface area contributed by atoms with E-state index in [0.717, 1.165) is 71.9 Å². The summed E-state index contributed by atoms with van der Waals surface area (Å²) in [5.74, 6) is 2.43. The van der Waals surface area contributed by atoms with E-state index in [4.69, 9.17) is 0 Å². The highest BCUT2D eigenvalue weighted by Crippen LogP contribution is 2.52. The van der Waals surface area contributed by atoms with E-state index < -0.39 is 0 Å². The summed E-state index contributed by atoms with van der Waals surface area (Å²) in [6, 6.07) is 19.3. The first-order valence-electron chi connectivity index (χ1n) is 14.0. The Bertz CT molecular complexity index is 1550. The average Bonchev–Trinajstić information content (AvgIpc) is 3.44. The molecule has 1 atom stereocenters. The van der Waals surface area contributed by atoms with Crippen molar-refractivity contribution in [3.8, 4) is 0 Å². The lowest BCUT2D eigenvalue weighted by Crippen LogP contribution is -2.43. The second-order valence-electron chi connectivity index (χ2n) is 12.1.